The van der Waals surface area contributed by atoms with Crippen LogP contribution in [-0.2, 0) is 0 Å². The van der Waals surface area contributed by atoms with E-state index < -0.39 is 5.95 Å². The molecule has 0 radical (unpaired) electrons. The van der Waals surface area contributed by atoms with E-state index in [1.54, 1.807) is 0 Å². The zero-order valence-electron chi connectivity index (χ0n) is 8.41. The normalized spacial score (nSPS) is 21.1. The third-order valence-electron chi connectivity index (χ3n) is 2.65. The third-order valence-corrected chi connectivity index (χ3v) is 2.92. The van der Waals surface area contributed by atoms with Crippen LogP contribution in [-0.4, -0.2) is 36.1 Å². The van der Waals surface area contributed by atoms with Crippen molar-refractivity contribution in [1.82, 2.24) is 9.88 Å². The highest BCUT2D eigenvalue weighted by molar-refractivity contribution is 6.30. The standard InChI is InChI=1S/C10H12ClFN2O/c1-14-3-2-7(14)6-15-8-4-9(11)10(12)13-5-8/h4-5,7H,2-3,6H2,1H3/t7-/m0/s1. The molecule has 0 aromatic carbocycles. The molecule has 1 aromatic heterocycles. The van der Waals surface area contributed by atoms with Crippen molar-refractivity contribution in [1.29, 1.82) is 0 Å². The molecule has 15 heavy (non-hydrogen) atoms. The molecule has 0 bridgehead atoms. The smallest absolute Gasteiger partial charge is 0.231 e. The Morgan fingerprint density at radius 2 is 2.53 bits per heavy atom. The monoisotopic (exact) mass is 230 g/mol. The fraction of sp³-hybridized carbons (Fsp3) is 0.500. The van der Waals surface area contributed by atoms with Crippen LogP contribution < -0.4 is 4.74 Å². The van der Waals surface area contributed by atoms with Gasteiger partial charge in [0.25, 0.3) is 0 Å². The maximum atomic E-state index is 12.7. The van der Waals surface area contributed by atoms with Crippen LogP contribution in [0.3, 0.4) is 0 Å². The Kier molecular flexibility index (Phi) is 3.07. The van der Waals surface area contributed by atoms with Gasteiger partial charge in [-0.3, -0.25) is 4.90 Å². The maximum Gasteiger partial charge on any atom is 0.231 e. The molecule has 0 spiro atoms. The summed E-state index contributed by atoms with van der Waals surface area (Å²) in [6.45, 7) is 1.70. The molecule has 5 heteroatoms. The summed E-state index contributed by atoms with van der Waals surface area (Å²) >= 11 is 5.58. The van der Waals surface area contributed by atoms with Gasteiger partial charge in [0.1, 0.15) is 12.4 Å². The maximum absolute atomic E-state index is 12.7. The number of pyridine rings is 1. The number of likely N-dealkylation sites (N-methyl/N-ethyl adjacent to an activating group) is 1. The van der Waals surface area contributed by atoms with E-state index in [1.165, 1.54) is 12.3 Å². The Balaban J connectivity index is 1.90. The largest absolute Gasteiger partial charge is 0.490 e. The number of ether oxygens (including phenoxy) is 1. The van der Waals surface area contributed by atoms with Gasteiger partial charge in [-0.2, -0.15) is 4.39 Å². The highest BCUT2D eigenvalue weighted by Gasteiger charge is 2.24. The van der Waals surface area contributed by atoms with Gasteiger partial charge in [0.05, 0.1) is 11.2 Å². The van der Waals surface area contributed by atoms with Gasteiger partial charge in [-0.1, -0.05) is 11.6 Å². The third kappa shape index (κ3) is 2.38. The number of hydrogen-bond donors (Lipinski definition) is 0. The van der Waals surface area contributed by atoms with Gasteiger partial charge in [0.15, 0.2) is 0 Å². The van der Waals surface area contributed by atoms with Gasteiger partial charge in [-0.15, -0.1) is 0 Å². The van der Waals surface area contributed by atoms with E-state index in [0.717, 1.165) is 13.0 Å². The number of nitrogens with zero attached hydrogens (tertiary/aromatic N) is 2. The Hall–Kier alpha value is -0.870. The average molecular weight is 231 g/mol. The van der Waals surface area contributed by atoms with Crippen LogP contribution in [0.15, 0.2) is 12.3 Å². The van der Waals surface area contributed by atoms with E-state index in [9.17, 15) is 4.39 Å². The molecule has 0 unspecified atom stereocenters. The molecule has 1 fully saturated rings. The van der Waals surface area contributed by atoms with Crippen LogP contribution >= 0.6 is 11.6 Å². The molecule has 2 heterocycles. The molecule has 1 atom stereocenters. The highest BCUT2D eigenvalue weighted by Crippen LogP contribution is 2.20. The van der Waals surface area contributed by atoms with Gasteiger partial charge >= 0.3 is 0 Å². The molecule has 0 saturated carbocycles. The van der Waals surface area contributed by atoms with Crippen molar-refractivity contribution in [3.05, 3.63) is 23.2 Å². The molecular formula is C10H12ClFN2O. The summed E-state index contributed by atoms with van der Waals surface area (Å²) < 4.78 is 18.2. The topological polar surface area (TPSA) is 25.4 Å². The molecule has 0 amide bonds. The number of likely N-dealkylation sites (tertiary alicyclic amines) is 1. The minimum absolute atomic E-state index is 0.00513. The van der Waals surface area contributed by atoms with E-state index >= 15 is 0 Å². The van der Waals surface area contributed by atoms with E-state index in [1.807, 2.05) is 7.05 Å². The van der Waals surface area contributed by atoms with Crippen molar-refractivity contribution in [2.24, 2.45) is 0 Å². The predicted octanol–water partition coefficient (Wildman–Crippen LogP) is 1.96. The van der Waals surface area contributed by atoms with Crippen molar-refractivity contribution in [3.63, 3.8) is 0 Å². The highest BCUT2D eigenvalue weighted by atomic mass is 35.5. The van der Waals surface area contributed by atoms with Crippen LogP contribution in [0.25, 0.3) is 0 Å². The van der Waals surface area contributed by atoms with Gasteiger partial charge in [-0.25, -0.2) is 4.98 Å². The fourth-order valence-corrected chi connectivity index (χ4v) is 1.61. The first-order chi connectivity index (χ1) is 7.16. The van der Waals surface area contributed by atoms with E-state index in [-0.39, 0.29) is 5.02 Å². The Labute approximate surface area is 92.8 Å². The van der Waals surface area contributed by atoms with Crippen molar-refractivity contribution in [2.75, 3.05) is 20.2 Å². The van der Waals surface area contributed by atoms with Crippen molar-refractivity contribution >= 4 is 11.6 Å². The lowest BCUT2D eigenvalue weighted by Crippen LogP contribution is -2.48. The van der Waals surface area contributed by atoms with Crippen LogP contribution in [0.4, 0.5) is 4.39 Å². The van der Waals surface area contributed by atoms with Crippen LogP contribution in [0.2, 0.25) is 5.02 Å². The molecular weight excluding hydrogens is 219 g/mol. The summed E-state index contributed by atoms with van der Waals surface area (Å²) in [6, 6.07) is 1.90. The molecule has 82 valence electrons. The first kappa shape index (κ1) is 10.6. The molecule has 3 nitrogen and oxygen atoms in total. The van der Waals surface area contributed by atoms with Crippen molar-refractivity contribution < 1.29 is 9.13 Å². The van der Waals surface area contributed by atoms with Gasteiger partial charge in [-0.05, 0) is 20.0 Å². The lowest BCUT2D eigenvalue weighted by molar-refractivity contribution is 0.0767. The first-order valence-corrected chi connectivity index (χ1v) is 5.18. The van der Waals surface area contributed by atoms with Crippen molar-refractivity contribution in [3.8, 4) is 5.75 Å². The quantitative estimate of drug-likeness (QED) is 0.743. The van der Waals surface area contributed by atoms with E-state index in [0.29, 0.717) is 18.4 Å². The second kappa shape index (κ2) is 4.33. The van der Waals surface area contributed by atoms with Gasteiger partial charge < -0.3 is 4.74 Å². The second-order valence-electron chi connectivity index (χ2n) is 3.68. The summed E-state index contributed by atoms with van der Waals surface area (Å²) in [7, 11) is 2.05. The Bertz CT molecular complexity index is 361. The summed E-state index contributed by atoms with van der Waals surface area (Å²) in [5.74, 6) is -0.147. The zero-order chi connectivity index (χ0) is 10.8. The zero-order valence-corrected chi connectivity index (χ0v) is 9.17. The first-order valence-electron chi connectivity index (χ1n) is 4.81. The van der Waals surface area contributed by atoms with E-state index in [2.05, 4.69) is 9.88 Å². The van der Waals surface area contributed by atoms with E-state index in [4.69, 9.17) is 16.3 Å². The molecule has 0 aliphatic carbocycles. The summed E-state index contributed by atoms with van der Waals surface area (Å²) in [6.07, 6.45) is 2.48. The number of hydrogen-bond acceptors (Lipinski definition) is 3. The van der Waals surface area contributed by atoms with Gasteiger partial charge in [0, 0.05) is 12.1 Å². The SMILES string of the molecule is CN1CC[C@H]1COc1cnc(F)c(Cl)c1. The number of rotatable bonds is 3. The van der Waals surface area contributed by atoms with Crippen molar-refractivity contribution in [2.45, 2.75) is 12.5 Å². The average Bonchev–Trinajstić information content (AvgIpc) is 2.21. The summed E-state index contributed by atoms with van der Waals surface area (Å²) in [5.41, 5.74) is 0. The summed E-state index contributed by atoms with van der Waals surface area (Å²) in [5, 5.41) is -0.00513. The van der Waals surface area contributed by atoms with Crippen LogP contribution in [0.1, 0.15) is 6.42 Å². The van der Waals surface area contributed by atoms with Crippen LogP contribution in [0, 0.1) is 5.95 Å². The molecule has 1 aromatic rings. The lowest BCUT2D eigenvalue weighted by atomic mass is 10.1. The molecule has 2 rings (SSSR count). The van der Waals surface area contributed by atoms with Gasteiger partial charge in [0.2, 0.25) is 5.95 Å². The minimum atomic E-state index is -0.662. The predicted molar refractivity (Wildman–Crippen MR) is 55.7 cm³/mol. The number of halogens is 2. The van der Waals surface area contributed by atoms with Crippen LogP contribution in [0.5, 0.6) is 5.75 Å². The Morgan fingerprint density at radius 3 is 3.07 bits per heavy atom. The molecule has 1 aliphatic rings. The lowest BCUT2D eigenvalue weighted by Gasteiger charge is -2.37. The molecule has 0 N–H and O–H groups in total. The minimum Gasteiger partial charge on any atom is -0.490 e. The summed E-state index contributed by atoms with van der Waals surface area (Å²) in [4.78, 5) is 5.69. The molecule has 1 aliphatic heterocycles. The molecule has 1 saturated heterocycles. The second-order valence-corrected chi connectivity index (χ2v) is 4.08. The number of aromatic nitrogens is 1. The fourth-order valence-electron chi connectivity index (χ4n) is 1.46. The Morgan fingerprint density at radius 1 is 1.73 bits per heavy atom.